The van der Waals surface area contributed by atoms with Crippen LogP contribution in [0.1, 0.15) is 12.5 Å². The van der Waals surface area contributed by atoms with E-state index < -0.39 is 29.5 Å². The number of benzene rings is 1. The lowest BCUT2D eigenvalue weighted by Gasteiger charge is -2.13. The number of alkyl halides is 3. The monoisotopic (exact) mass is 331 g/mol. The number of pyridine rings is 1. The van der Waals surface area contributed by atoms with Crippen molar-refractivity contribution in [2.75, 3.05) is 6.61 Å². The van der Waals surface area contributed by atoms with Crippen molar-refractivity contribution in [1.82, 2.24) is 4.98 Å². The molecule has 0 aliphatic heterocycles. The number of nitrogens with zero attached hydrogens (tertiary/aromatic N) is 1. The summed E-state index contributed by atoms with van der Waals surface area (Å²) in [5.41, 5.74) is -1.45. The van der Waals surface area contributed by atoms with Crippen LogP contribution in [0.2, 0.25) is 0 Å². The maximum atomic E-state index is 13.8. The van der Waals surface area contributed by atoms with Crippen LogP contribution in [0.15, 0.2) is 36.5 Å². The third kappa shape index (κ3) is 4.32. The van der Waals surface area contributed by atoms with Gasteiger partial charge in [0.25, 0.3) is 5.88 Å². The van der Waals surface area contributed by atoms with E-state index in [1.165, 1.54) is 24.3 Å². The van der Waals surface area contributed by atoms with Gasteiger partial charge >= 0.3 is 6.18 Å². The molecule has 0 amide bonds. The fourth-order valence-electron chi connectivity index (χ4n) is 1.68. The van der Waals surface area contributed by atoms with Gasteiger partial charge in [0.05, 0.1) is 12.2 Å². The summed E-state index contributed by atoms with van der Waals surface area (Å²) in [6.45, 7) is 1.49. The minimum Gasteiger partial charge on any atom is -0.488 e. The van der Waals surface area contributed by atoms with E-state index in [-0.39, 0.29) is 12.4 Å². The molecule has 4 nitrogen and oxygen atoms in total. The van der Waals surface area contributed by atoms with Crippen molar-refractivity contribution in [2.24, 2.45) is 0 Å². The van der Waals surface area contributed by atoms with Crippen molar-refractivity contribution in [3.8, 4) is 17.4 Å². The van der Waals surface area contributed by atoms with Crippen molar-refractivity contribution in [3.63, 3.8) is 0 Å². The number of aliphatic hydroxyl groups excluding tert-OH is 1. The Morgan fingerprint density at radius 2 is 1.74 bits per heavy atom. The van der Waals surface area contributed by atoms with Crippen LogP contribution in [-0.4, -0.2) is 22.8 Å². The predicted molar refractivity (Wildman–Crippen MR) is 72.9 cm³/mol. The Morgan fingerprint density at radius 1 is 1.13 bits per heavy atom. The molecule has 1 aromatic carbocycles. The molecule has 0 bridgehead atoms. The summed E-state index contributed by atoms with van der Waals surface area (Å²) in [4.78, 5) is 3.47. The zero-order valence-corrected chi connectivity index (χ0v) is 12.0. The first kappa shape index (κ1) is 17.0. The largest absolute Gasteiger partial charge is 0.488 e. The quantitative estimate of drug-likeness (QED) is 0.847. The van der Waals surface area contributed by atoms with Crippen LogP contribution in [0.4, 0.5) is 17.6 Å². The average molecular weight is 331 g/mol. The Labute approximate surface area is 129 Å². The van der Waals surface area contributed by atoms with Gasteiger partial charge in [0, 0.05) is 6.20 Å². The summed E-state index contributed by atoms with van der Waals surface area (Å²) in [6, 6.07) is 6.27. The molecule has 124 valence electrons. The molecule has 1 aromatic heterocycles. The van der Waals surface area contributed by atoms with E-state index in [0.29, 0.717) is 11.8 Å². The molecular weight excluding hydrogens is 318 g/mol. The maximum Gasteiger partial charge on any atom is 0.419 e. The molecule has 0 saturated heterocycles. The summed E-state index contributed by atoms with van der Waals surface area (Å²) in [7, 11) is 0. The van der Waals surface area contributed by atoms with Gasteiger partial charge in [0.15, 0.2) is 5.82 Å². The normalized spacial score (nSPS) is 12.8. The van der Waals surface area contributed by atoms with E-state index in [0.717, 1.165) is 6.20 Å². The Morgan fingerprint density at radius 3 is 2.30 bits per heavy atom. The van der Waals surface area contributed by atoms with E-state index in [9.17, 15) is 17.6 Å². The van der Waals surface area contributed by atoms with Gasteiger partial charge in [-0.15, -0.1) is 0 Å². The minimum absolute atomic E-state index is 0.0970. The van der Waals surface area contributed by atoms with E-state index >= 15 is 0 Å². The lowest BCUT2D eigenvalue weighted by molar-refractivity contribution is -0.140. The smallest absolute Gasteiger partial charge is 0.419 e. The van der Waals surface area contributed by atoms with E-state index in [1.54, 1.807) is 6.92 Å². The number of rotatable bonds is 5. The van der Waals surface area contributed by atoms with E-state index in [1.807, 2.05) is 0 Å². The summed E-state index contributed by atoms with van der Waals surface area (Å²) in [5, 5.41) is 8.88. The highest BCUT2D eigenvalue weighted by atomic mass is 19.4. The minimum atomic E-state index is -4.83. The lowest BCUT2D eigenvalue weighted by atomic mass is 10.2. The highest BCUT2D eigenvalue weighted by Crippen LogP contribution is 2.35. The van der Waals surface area contributed by atoms with Crippen molar-refractivity contribution in [2.45, 2.75) is 19.2 Å². The molecule has 23 heavy (non-hydrogen) atoms. The second kappa shape index (κ2) is 6.82. The number of hydrogen-bond acceptors (Lipinski definition) is 4. The van der Waals surface area contributed by atoms with Crippen LogP contribution in [0, 0.1) is 5.82 Å². The van der Waals surface area contributed by atoms with Crippen molar-refractivity contribution >= 4 is 0 Å². The second-order valence-electron chi connectivity index (χ2n) is 4.66. The number of ether oxygens (including phenoxy) is 2. The van der Waals surface area contributed by atoms with Crippen LogP contribution in [0.3, 0.4) is 0 Å². The first-order valence-corrected chi connectivity index (χ1v) is 6.58. The van der Waals surface area contributed by atoms with Crippen LogP contribution in [-0.2, 0) is 6.18 Å². The zero-order chi connectivity index (χ0) is 17.0. The van der Waals surface area contributed by atoms with Gasteiger partial charge in [-0.05, 0) is 37.3 Å². The van der Waals surface area contributed by atoms with Crippen LogP contribution < -0.4 is 9.47 Å². The summed E-state index contributed by atoms with van der Waals surface area (Å²) in [6.07, 6.45) is -4.42. The Balaban J connectivity index is 2.17. The molecule has 1 atom stereocenters. The molecule has 2 aromatic rings. The van der Waals surface area contributed by atoms with E-state index in [4.69, 9.17) is 14.6 Å². The standard InChI is InChI=1S/C15H13F4NO3/c1-9(8-21)22-10-2-4-11(5-3-10)23-14-13(16)12(6-7-20-14)15(17,18)19/h2-7,9,21H,8H2,1H3/t9-/m0/s1. The molecule has 2 rings (SSSR count). The van der Waals surface area contributed by atoms with Crippen LogP contribution in [0.5, 0.6) is 17.4 Å². The fourth-order valence-corrected chi connectivity index (χ4v) is 1.68. The Hall–Kier alpha value is -2.35. The number of aromatic nitrogens is 1. The molecule has 8 heteroatoms. The molecule has 1 N–H and O–H groups in total. The Kier molecular flexibility index (Phi) is 5.05. The SMILES string of the molecule is C[C@@H](CO)Oc1ccc(Oc2nccc(C(F)(F)F)c2F)cc1. The summed E-state index contributed by atoms with van der Waals surface area (Å²) < 4.78 is 62.0. The molecule has 0 fully saturated rings. The molecule has 0 spiro atoms. The summed E-state index contributed by atoms with van der Waals surface area (Å²) in [5.74, 6) is -1.82. The van der Waals surface area contributed by atoms with Crippen LogP contribution >= 0.6 is 0 Å². The van der Waals surface area contributed by atoms with Gasteiger partial charge in [-0.25, -0.2) is 9.37 Å². The van der Waals surface area contributed by atoms with Gasteiger partial charge in [-0.3, -0.25) is 0 Å². The Bertz CT molecular complexity index is 659. The third-order valence-corrected chi connectivity index (χ3v) is 2.80. The predicted octanol–water partition coefficient (Wildman–Crippen LogP) is 3.79. The maximum absolute atomic E-state index is 13.8. The van der Waals surface area contributed by atoms with E-state index in [2.05, 4.69) is 4.98 Å². The molecule has 1 heterocycles. The molecule has 0 aliphatic carbocycles. The third-order valence-electron chi connectivity index (χ3n) is 2.80. The first-order valence-electron chi connectivity index (χ1n) is 6.58. The second-order valence-corrected chi connectivity index (χ2v) is 4.66. The van der Waals surface area contributed by atoms with Crippen molar-refractivity contribution < 1.29 is 32.1 Å². The van der Waals surface area contributed by atoms with Gasteiger partial charge in [-0.2, -0.15) is 13.2 Å². The molecule has 0 unspecified atom stereocenters. The van der Waals surface area contributed by atoms with Crippen LogP contribution in [0.25, 0.3) is 0 Å². The first-order chi connectivity index (χ1) is 10.8. The molecule has 0 aliphatic rings. The van der Waals surface area contributed by atoms with Gasteiger partial charge in [0.2, 0.25) is 0 Å². The highest BCUT2D eigenvalue weighted by molar-refractivity contribution is 5.35. The molecule has 0 radical (unpaired) electrons. The number of hydrogen-bond donors (Lipinski definition) is 1. The van der Waals surface area contributed by atoms with Gasteiger partial charge < -0.3 is 14.6 Å². The molecular formula is C15H13F4NO3. The highest BCUT2D eigenvalue weighted by Gasteiger charge is 2.35. The van der Waals surface area contributed by atoms with Crippen molar-refractivity contribution in [3.05, 3.63) is 47.9 Å². The zero-order valence-electron chi connectivity index (χ0n) is 12.0. The number of halogens is 4. The lowest BCUT2D eigenvalue weighted by Crippen LogP contribution is -2.15. The summed E-state index contributed by atoms with van der Waals surface area (Å²) >= 11 is 0. The fraction of sp³-hybridized carbons (Fsp3) is 0.267. The van der Waals surface area contributed by atoms with Gasteiger partial charge in [0.1, 0.15) is 17.6 Å². The van der Waals surface area contributed by atoms with Crippen molar-refractivity contribution in [1.29, 1.82) is 0 Å². The topological polar surface area (TPSA) is 51.6 Å². The number of aliphatic hydroxyl groups is 1. The van der Waals surface area contributed by atoms with Gasteiger partial charge in [-0.1, -0.05) is 0 Å². The average Bonchev–Trinajstić information content (AvgIpc) is 2.50. The molecule has 0 saturated carbocycles.